The van der Waals surface area contributed by atoms with E-state index in [1.165, 1.54) is 0 Å². The number of amides is 1. The van der Waals surface area contributed by atoms with Crippen LogP contribution in [0, 0.1) is 13.8 Å². The minimum atomic E-state index is -0.285. The maximum Gasteiger partial charge on any atom is 0.257 e. The maximum atomic E-state index is 12.5. The lowest BCUT2D eigenvalue weighted by atomic mass is 10.2. The summed E-state index contributed by atoms with van der Waals surface area (Å²) in [5.41, 5.74) is 3.87. The monoisotopic (exact) mass is 373 g/mol. The molecule has 1 heterocycles. The van der Waals surface area contributed by atoms with Crippen LogP contribution in [-0.2, 0) is 6.54 Å². The molecule has 1 aromatic heterocycles. The number of carbonyl (C=O) groups excluding carboxylic acids is 1. The number of aryl methyl sites for hydroxylation is 1. The Bertz CT molecular complexity index is 920. The van der Waals surface area contributed by atoms with Crippen LogP contribution in [0.15, 0.2) is 48.5 Å². The summed E-state index contributed by atoms with van der Waals surface area (Å²) in [5.74, 6) is -0.285. The molecule has 1 amide bonds. The molecule has 0 atom stereocenters. The van der Waals surface area contributed by atoms with Crippen LogP contribution in [-0.4, -0.2) is 15.7 Å². The predicted octanol–water partition coefficient (Wildman–Crippen LogP) is 5.11. The first-order chi connectivity index (χ1) is 12.0. The van der Waals surface area contributed by atoms with Crippen molar-refractivity contribution in [3.05, 3.63) is 81.1 Å². The number of rotatable bonds is 4. The lowest BCUT2D eigenvalue weighted by Crippen LogP contribution is -2.14. The third-order valence-electron chi connectivity index (χ3n) is 3.97. The summed E-state index contributed by atoms with van der Waals surface area (Å²) in [4.78, 5) is 12.5. The molecule has 0 aliphatic heterocycles. The largest absolute Gasteiger partial charge is 0.319 e. The van der Waals surface area contributed by atoms with Crippen LogP contribution < -0.4 is 5.32 Å². The van der Waals surface area contributed by atoms with E-state index in [0.29, 0.717) is 27.8 Å². The van der Waals surface area contributed by atoms with Gasteiger partial charge in [0.1, 0.15) is 0 Å². The molecule has 2 aromatic carbocycles. The van der Waals surface area contributed by atoms with Crippen LogP contribution in [0.25, 0.3) is 0 Å². The van der Waals surface area contributed by atoms with E-state index in [1.54, 1.807) is 18.2 Å². The molecule has 128 valence electrons. The third-order valence-corrected chi connectivity index (χ3v) is 4.52. The van der Waals surface area contributed by atoms with Gasteiger partial charge >= 0.3 is 0 Å². The number of aromatic nitrogens is 2. The van der Waals surface area contributed by atoms with Gasteiger partial charge in [-0.15, -0.1) is 0 Å². The number of nitrogens with zero attached hydrogens (tertiary/aromatic N) is 2. The van der Waals surface area contributed by atoms with E-state index in [2.05, 4.69) is 10.4 Å². The topological polar surface area (TPSA) is 46.9 Å². The molecule has 4 nitrogen and oxygen atoms in total. The lowest BCUT2D eigenvalue weighted by molar-refractivity contribution is 0.102. The van der Waals surface area contributed by atoms with Gasteiger partial charge < -0.3 is 5.32 Å². The molecule has 0 aliphatic rings. The van der Waals surface area contributed by atoms with Crippen molar-refractivity contribution in [1.29, 1.82) is 0 Å². The van der Waals surface area contributed by atoms with E-state index in [1.807, 2.05) is 48.9 Å². The molecule has 0 aliphatic carbocycles. The zero-order valence-electron chi connectivity index (χ0n) is 13.9. The normalized spacial score (nSPS) is 10.7. The molecular weight excluding hydrogens is 357 g/mol. The fraction of sp³-hybridized carbons (Fsp3) is 0.158. The highest BCUT2D eigenvalue weighted by atomic mass is 35.5. The van der Waals surface area contributed by atoms with E-state index in [0.717, 1.165) is 17.0 Å². The molecule has 0 spiro atoms. The molecule has 25 heavy (non-hydrogen) atoms. The quantitative estimate of drug-likeness (QED) is 0.690. The average molecular weight is 374 g/mol. The van der Waals surface area contributed by atoms with Gasteiger partial charge in [0.25, 0.3) is 5.91 Å². The molecule has 0 saturated heterocycles. The van der Waals surface area contributed by atoms with Gasteiger partial charge in [0.2, 0.25) is 0 Å². The zero-order valence-corrected chi connectivity index (χ0v) is 15.4. The molecule has 6 heteroatoms. The Morgan fingerprint density at radius 1 is 1.12 bits per heavy atom. The van der Waals surface area contributed by atoms with Crippen molar-refractivity contribution in [2.75, 3.05) is 5.32 Å². The summed E-state index contributed by atoms with van der Waals surface area (Å²) in [6.07, 6.45) is 0. The summed E-state index contributed by atoms with van der Waals surface area (Å²) in [5, 5.41) is 8.26. The highest BCUT2D eigenvalue weighted by Gasteiger charge is 2.17. The van der Waals surface area contributed by atoms with E-state index in [9.17, 15) is 4.79 Å². The van der Waals surface area contributed by atoms with Gasteiger partial charge in [-0.1, -0.05) is 53.5 Å². The minimum absolute atomic E-state index is 0.285. The summed E-state index contributed by atoms with van der Waals surface area (Å²) in [6.45, 7) is 4.45. The molecule has 0 fully saturated rings. The molecule has 0 unspecified atom stereocenters. The average Bonchev–Trinajstić information content (AvgIpc) is 2.83. The second-order valence-electron chi connectivity index (χ2n) is 5.77. The number of nitrogens with one attached hydrogen (secondary N) is 1. The fourth-order valence-corrected chi connectivity index (χ4v) is 3.14. The third kappa shape index (κ3) is 3.86. The second-order valence-corrected chi connectivity index (χ2v) is 6.61. The van der Waals surface area contributed by atoms with Gasteiger partial charge in [-0.2, -0.15) is 5.10 Å². The van der Waals surface area contributed by atoms with Crippen LogP contribution in [0.2, 0.25) is 10.0 Å². The van der Waals surface area contributed by atoms with Crippen LogP contribution >= 0.6 is 23.2 Å². The van der Waals surface area contributed by atoms with Crippen LogP contribution in [0.3, 0.4) is 0 Å². The first-order valence-corrected chi connectivity index (χ1v) is 8.55. The standard InChI is InChI=1S/C19H17Cl2N3O/c1-12-18(22-19(25)16-9-8-15(20)10-17(16)21)13(2)24(23-12)11-14-6-4-3-5-7-14/h3-10H,11H2,1-2H3,(H,22,25). The Morgan fingerprint density at radius 3 is 2.52 bits per heavy atom. The number of anilines is 1. The van der Waals surface area contributed by atoms with E-state index >= 15 is 0 Å². The van der Waals surface area contributed by atoms with Gasteiger partial charge in [0.15, 0.2) is 0 Å². The molecule has 0 radical (unpaired) electrons. The van der Waals surface area contributed by atoms with Crippen molar-refractivity contribution in [3.63, 3.8) is 0 Å². The number of hydrogen-bond acceptors (Lipinski definition) is 2. The lowest BCUT2D eigenvalue weighted by Gasteiger charge is -2.08. The second kappa shape index (κ2) is 7.30. The number of carbonyl (C=O) groups is 1. The Hall–Kier alpha value is -2.30. The highest BCUT2D eigenvalue weighted by molar-refractivity contribution is 6.37. The fourth-order valence-electron chi connectivity index (χ4n) is 2.64. The first kappa shape index (κ1) is 17.5. The van der Waals surface area contributed by atoms with Crippen LogP contribution in [0.4, 0.5) is 5.69 Å². The number of hydrogen-bond donors (Lipinski definition) is 1. The molecule has 3 rings (SSSR count). The van der Waals surface area contributed by atoms with Crippen molar-refractivity contribution in [2.24, 2.45) is 0 Å². The predicted molar refractivity (Wildman–Crippen MR) is 102 cm³/mol. The van der Waals surface area contributed by atoms with Gasteiger partial charge in [-0.25, -0.2) is 0 Å². The Morgan fingerprint density at radius 2 is 1.84 bits per heavy atom. The summed E-state index contributed by atoms with van der Waals surface area (Å²) >= 11 is 12.0. The highest BCUT2D eigenvalue weighted by Crippen LogP contribution is 2.25. The van der Waals surface area contributed by atoms with Gasteiger partial charge in [0.05, 0.1) is 34.2 Å². The Balaban J connectivity index is 1.84. The minimum Gasteiger partial charge on any atom is -0.319 e. The Kier molecular flexibility index (Phi) is 5.11. The molecule has 0 bridgehead atoms. The Labute approximate surface area is 156 Å². The van der Waals surface area contributed by atoms with Crippen molar-refractivity contribution < 1.29 is 4.79 Å². The van der Waals surface area contributed by atoms with Crippen LogP contribution in [0.1, 0.15) is 27.3 Å². The number of halogens is 2. The van der Waals surface area contributed by atoms with Gasteiger partial charge in [-0.3, -0.25) is 9.48 Å². The van der Waals surface area contributed by atoms with E-state index in [4.69, 9.17) is 23.2 Å². The van der Waals surface area contributed by atoms with Gasteiger partial charge in [0, 0.05) is 5.02 Å². The zero-order chi connectivity index (χ0) is 18.0. The first-order valence-electron chi connectivity index (χ1n) is 7.80. The van der Waals surface area contributed by atoms with Crippen molar-refractivity contribution in [1.82, 2.24) is 9.78 Å². The summed E-state index contributed by atoms with van der Waals surface area (Å²) in [6, 6.07) is 14.9. The van der Waals surface area contributed by atoms with Crippen molar-refractivity contribution in [2.45, 2.75) is 20.4 Å². The van der Waals surface area contributed by atoms with E-state index < -0.39 is 0 Å². The van der Waals surface area contributed by atoms with Crippen molar-refractivity contribution >= 4 is 34.8 Å². The SMILES string of the molecule is Cc1nn(Cc2ccccc2)c(C)c1NC(=O)c1ccc(Cl)cc1Cl. The smallest absolute Gasteiger partial charge is 0.257 e. The molecule has 3 aromatic rings. The molecule has 1 N–H and O–H groups in total. The van der Waals surface area contributed by atoms with E-state index in [-0.39, 0.29) is 5.91 Å². The van der Waals surface area contributed by atoms with Gasteiger partial charge in [-0.05, 0) is 37.6 Å². The molecular formula is C19H17Cl2N3O. The number of benzene rings is 2. The summed E-state index contributed by atoms with van der Waals surface area (Å²) < 4.78 is 1.88. The summed E-state index contributed by atoms with van der Waals surface area (Å²) in [7, 11) is 0. The maximum absolute atomic E-state index is 12.5. The van der Waals surface area contributed by atoms with Crippen LogP contribution in [0.5, 0.6) is 0 Å². The van der Waals surface area contributed by atoms with Crippen molar-refractivity contribution in [3.8, 4) is 0 Å². The molecule has 0 saturated carbocycles.